The molecular formula is C28H28N2O4. The van der Waals surface area contributed by atoms with Crippen molar-refractivity contribution in [3.05, 3.63) is 114 Å². The predicted molar refractivity (Wildman–Crippen MR) is 131 cm³/mol. The second-order valence-electron chi connectivity index (χ2n) is 7.69. The van der Waals surface area contributed by atoms with Crippen LogP contribution in [-0.4, -0.2) is 23.8 Å². The quantitative estimate of drug-likeness (QED) is 0.337. The van der Waals surface area contributed by atoms with E-state index in [1.165, 1.54) is 6.08 Å². The lowest BCUT2D eigenvalue weighted by molar-refractivity contribution is -0.145. The van der Waals surface area contributed by atoms with Gasteiger partial charge < -0.3 is 15.4 Å². The molecule has 0 saturated carbocycles. The van der Waals surface area contributed by atoms with E-state index in [9.17, 15) is 14.4 Å². The largest absolute Gasteiger partial charge is 0.461 e. The van der Waals surface area contributed by atoms with Gasteiger partial charge in [0.1, 0.15) is 12.6 Å². The normalized spacial score (nSPS) is 11.5. The molecule has 0 bridgehead atoms. The Morgan fingerprint density at radius 1 is 0.794 bits per heavy atom. The summed E-state index contributed by atoms with van der Waals surface area (Å²) in [7, 11) is 0. The topological polar surface area (TPSA) is 84.5 Å². The maximum Gasteiger partial charge on any atom is 0.306 e. The minimum Gasteiger partial charge on any atom is -0.461 e. The number of ether oxygens (including phenoxy) is 1. The van der Waals surface area contributed by atoms with Crippen molar-refractivity contribution < 1.29 is 19.1 Å². The van der Waals surface area contributed by atoms with Crippen molar-refractivity contribution >= 4 is 23.9 Å². The van der Waals surface area contributed by atoms with E-state index in [1.807, 2.05) is 91.0 Å². The zero-order chi connectivity index (χ0) is 24.0. The van der Waals surface area contributed by atoms with Gasteiger partial charge >= 0.3 is 5.97 Å². The van der Waals surface area contributed by atoms with E-state index in [0.717, 1.165) is 16.7 Å². The van der Waals surface area contributed by atoms with E-state index in [1.54, 1.807) is 6.08 Å². The molecule has 3 rings (SSSR count). The number of rotatable bonds is 11. The van der Waals surface area contributed by atoms with Crippen LogP contribution in [0.2, 0.25) is 0 Å². The van der Waals surface area contributed by atoms with Crippen LogP contribution in [0, 0.1) is 0 Å². The van der Waals surface area contributed by atoms with Crippen molar-refractivity contribution in [1.29, 1.82) is 0 Å². The summed E-state index contributed by atoms with van der Waals surface area (Å²) >= 11 is 0. The van der Waals surface area contributed by atoms with E-state index in [2.05, 4.69) is 10.6 Å². The Labute approximate surface area is 199 Å². The molecule has 3 aromatic carbocycles. The van der Waals surface area contributed by atoms with Crippen LogP contribution in [0.15, 0.2) is 97.1 Å². The minimum absolute atomic E-state index is 0.00105. The molecule has 0 fully saturated rings. The Balaban J connectivity index is 1.56. The zero-order valence-electron chi connectivity index (χ0n) is 18.9. The van der Waals surface area contributed by atoms with Gasteiger partial charge in [-0.25, -0.2) is 0 Å². The van der Waals surface area contributed by atoms with Crippen LogP contribution >= 0.6 is 0 Å². The van der Waals surface area contributed by atoms with Crippen LogP contribution in [0.3, 0.4) is 0 Å². The number of carbonyl (C=O) groups excluding carboxylic acids is 3. The summed E-state index contributed by atoms with van der Waals surface area (Å²) in [5.41, 5.74) is 2.69. The number of nitrogens with one attached hydrogen (secondary N) is 2. The highest BCUT2D eigenvalue weighted by Crippen LogP contribution is 2.07. The number of hydrogen-bond acceptors (Lipinski definition) is 4. The van der Waals surface area contributed by atoms with Crippen molar-refractivity contribution in [2.45, 2.75) is 32.0 Å². The molecule has 2 amide bonds. The zero-order valence-corrected chi connectivity index (χ0v) is 18.9. The predicted octanol–water partition coefficient (Wildman–Crippen LogP) is 4.02. The first-order chi connectivity index (χ1) is 16.6. The Bertz CT molecular complexity index is 1080. The van der Waals surface area contributed by atoms with Crippen LogP contribution in [0.25, 0.3) is 6.08 Å². The number of amides is 2. The van der Waals surface area contributed by atoms with Gasteiger partial charge in [0.15, 0.2) is 0 Å². The van der Waals surface area contributed by atoms with Crippen LogP contribution in [-0.2, 0) is 32.3 Å². The van der Waals surface area contributed by atoms with Crippen LogP contribution in [0.4, 0.5) is 0 Å². The Hall–Kier alpha value is -4.19. The molecule has 0 spiro atoms. The molecule has 0 aliphatic carbocycles. The fraction of sp³-hybridized carbons (Fsp3) is 0.179. The average molecular weight is 457 g/mol. The minimum atomic E-state index is -0.874. The van der Waals surface area contributed by atoms with Crippen molar-refractivity contribution in [3.8, 4) is 0 Å². The van der Waals surface area contributed by atoms with Crippen LogP contribution in [0.5, 0.6) is 0 Å². The van der Waals surface area contributed by atoms with Crippen molar-refractivity contribution in [2.75, 3.05) is 0 Å². The SMILES string of the molecule is O=C(C=Cc1ccccc1)NC(CCC(=O)OCc1ccccc1)C(=O)NCc1ccccc1. The maximum absolute atomic E-state index is 12.8. The van der Waals surface area contributed by atoms with Crippen molar-refractivity contribution in [2.24, 2.45) is 0 Å². The smallest absolute Gasteiger partial charge is 0.306 e. The Morgan fingerprint density at radius 2 is 1.38 bits per heavy atom. The van der Waals surface area contributed by atoms with E-state index in [-0.39, 0.29) is 25.4 Å². The summed E-state index contributed by atoms with van der Waals surface area (Å²) in [6.07, 6.45) is 3.17. The van der Waals surface area contributed by atoms with Crippen molar-refractivity contribution in [3.63, 3.8) is 0 Å². The summed E-state index contributed by atoms with van der Waals surface area (Å²) < 4.78 is 5.30. The third kappa shape index (κ3) is 8.74. The maximum atomic E-state index is 12.8. The molecule has 2 N–H and O–H groups in total. The van der Waals surface area contributed by atoms with E-state index >= 15 is 0 Å². The van der Waals surface area contributed by atoms with Crippen molar-refractivity contribution in [1.82, 2.24) is 10.6 Å². The van der Waals surface area contributed by atoms with Gasteiger partial charge in [-0.1, -0.05) is 91.0 Å². The number of esters is 1. The van der Waals surface area contributed by atoms with Gasteiger partial charge in [-0.3, -0.25) is 14.4 Å². The van der Waals surface area contributed by atoms with E-state index in [4.69, 9.17) is 4.74 Å². The first-order valence-electron chi connectivity index (χ1n) is 11.1. The lowest BCUT2D eigenvalue weighted by atomic mass is 10.1. The molecule has 0 aromatic heterocycles. The molecule has 0 radical (unpaired) electrons. The average Bonchev–Trinajstić information content (AvgIpc) is 2.89. The highest BCUT2D eigenvalue weighted by molar-refractivity contribution is 5.95. The highest BCUT2D eigenvalue weighted by Gasteiger charge is 2.21. The molecule has 1 atom stereocenters. The molecule has 0 aliphatic heterocycles. The molecule has 0 saturated heterocycles. The number of hydrogen-bond donors (Lipinski definition) is 2. The highest BCUT2D eigenvalue weighted by atomic mass is 16.5. The molecule has 174 valence electrons. The monoisotopic (exact) mass is 456 g/mol. The second-order valence-corrected chi connectivity index (χ2v) is 7.69. The fourth-order valence-electron chi connectivity index (χ4n) is 3.21. The second kappa shape index (κ2) is 13.4. The first-order valence-corrected chi connectivity index (χ1v) is 11.1. The van der Waals surface area contributed by atoms with Gasteiger partial charge in [0.2, 0.25) is 11.8 Å². The first kappa shape index (κ1) is 24.5. The summed E-state index contributed by atoms with van der Waals surface area (Å²) in [5, 5.41) is 5.54. The molecule has 6 nitrogen and oxygen atoms in total. The molecule has 0 heterocycles. The molecule has 3 aromatic rings. The van der Waals surface area contributed by atoms with Crippen LogP contribution in [0.1, 0.15) is 29.5 Å². The fourth-order valence-corrected chi connectivity index (χ4v) is 3.21. The molecule has 0 aliphatic rings. The van der Waals surface area contributed by atoms with Crippen LogP contribution < -0.4 is 10.6 Å². The number of benzene rings is 3. The Kier molecular flexibility index (Phi) is 9.62. The van der Waals surface area contributed by atoms with Gasteiger partial charge in [0.25, 0.3) is 0 Å². The lowest BCUT2D eigenvalue weighted by Crippen LogP contribution is -2.46. The standard InChI is InChI=1S/C28H28N2O4/c31-26(18-16-22-10-4-1-5-11-22)30-25(28(33)29-20-23-12-6-2-7-13-23)17-19-27(32)34-21-24-14-8-3-9-15-24/h1-16,18,25H,17,19-21H2,(H,29,33)(H,30,31). The third-order valence-corrected chi connectivity index (χ3v) is 5.05. The summed E-state index contributed by atoms with van der Waals surface area (Å²) in [6.45, 7) is 0.487. The van der Waals surface area contributed by atoms with Gasteiger partial charge in [-0.05, 0) is 29.2 Å². The van der Waals surface area contributed by atoms with Gasteiger partial charge in [-0.15, -0.1) is 0 Å². The number of carbonyl (C=O) groups is 3. The third-order valence-electron chi connectivity index (χ3n) is 5.05. The van der Waals surface area contributed by atoms with E-state index in [0.29, 0.717) is 6.54 Å². The van der Waals surface area contributed by atoms with E-state index < -0.39 is 17.9 Å². The van der Waals surface area contributed by atoms with Gasteiger partial charge in [0.05, 0.1) is 0 Å². The molecule has 34 heavy (non-hydrogen) atoms. The molecule has 1 unspecified atom stereocenters. The summed E-state index contributed by atoms with van der Waals surface area (Å²) in [6, 6.07) is 27.3. The summed E-state index contributed by atoms with van der Waals surface area (Å²) in [5.74, 6) is -1.21. The van der Waals surface area contributed by atoms with Gasteiger partial charge in [-0.2, -0.15) is 0 Å². The van der Waals surface area contributed by atoms with Gasteiger partial charge in [0, 0.05) is 19.0 Å². The summed E-state index contributed by atoms with van der Waals surface area (Å²) in [4.78, 5) is 37.5. The molecular weight excluding hydrogens is 428 g/mol. The molecule has 6 heteroatoms. The lowest BCUT2D eigenvalue weighted by Gasteiger charge is -2.17. The Morgan fingerprint density at radius 3 is 2.03 bits per heavy atom.